The molecule has 5 amide bonds. The highest BCUT2D eigenvalue weighted by molar-refractivity contribution is 5.75. The van der Waals surface area contributed by atoms with Crippen molar-refractivity contribution < 1.29 is 301 Å². The third-order valence-electron chi connectivity index (χ3n) is 27.1. The van der Waals surface area contributed by atoms with Crippen molar-refractivity contribution in [2.45, 2.75) is 403 Å². The molecule has 856 valence electrons. The molecule has 0 unspecified atom stereocenters. The number of carbonyl (C=O) groups excluding carboxylic acids is 5. The van der Waals surface area contributed by atoms with Gasteiger partial charge in [-0.15, -0.1) is 0 Å². The molecule has 0 aromatic carbocycles. The highest BCUT2D eigenvalue weighted by Gasteiger charge is 2.64. The predicted molar refractivity (Wildman–Crippen MR) is 453 cm³/mol. The fourth-order valence-corrected chi connectivity index (χ4v) is 19.3. The Morgan fingerprint density at radius 2 is 0.378 bits per heavy atom. The lowest BCUT2D eigenvalue weighted by molar-refractivity contribution is -0.405. The van der Waals surface area contributed by atoms with E-state index in [9.17, 15) is 192 Å². The molecule has 66 nitrogen and oxygen atoms in total. The molecule has 0 bridgehead atoms. The maximum atomic E-state index is 13.3. The van der Waals surface area contributed by atoms with Crippen LogP contribution in [0.1, 0.15) is 34.6 Å². The van der Waals surface area contributed by atoms with E-state index in [2.05, 4.69) is 26.6 Å². The van der Waals surface area contributed by atoms with Crippen molar-refractivity contribution in [3.63, 3.8) is 0 Å². The summed E-state index contributed by atoms with van der Waals surface area (Å²) in [5, 5.41) is 384. The Kier molecular flexibility index (Phi) is 43.9. The smallest absolute Gasteiger partial charge is 0.217 e. The third-order valence-corrected chi connectivity index (χ3v) is 27.1. The van der Waals surface area contributed by atoms with Crippen LogP contribution in [-0.2, 0) is 133 Å². The van der Waals surface area contributed by atoms with Gasteiger partial charge in [0.05, 0.1) is 79.3 Å². The molecular weight excluding hydrogens is 2030 g/mol. The van der Waals surface area contributed by atoms with Crippen LogP contribution in [0.3, 0.4) is 0 Å². The number of nitrogens with one attached hydrogen (secondary N) is 5. The molecule has 0 radical (unpaired) electrons. The number of ether oxygens (including phenoxy) is 23. The van der Waals surface area contributed by atoms with Gasteiger partial charge in [-0.2, -0.15) is 0 Å². The van der Waals surface area contributed by atoms with Crippen molar-refractivity contribution in [2.75, 3.05) is 79.3 Å². The number of amides is 5. The number of hydrogen-bond acceptors (Lipinski definition) is 61. The molecule has 0 aliphatic carbocycles. The highest BCUT2D eigenvalue weighted by atomic mass is 16.8. The van der Waals surface area contributed by atoms with E-state index in [0.717, 1.165) is 34.6 Å². The second-order valence-electron chi connectivity index (χ2n) is 37.3. The fraction of sp³-hybridized carbons (Fsp3) is 0.939. The third kappa shape index (κ3) is 26.7. The summed E-state index contributed by atoms with van der Waals surface area (Å²) in [7, 11) is 0. The first-order valence-electron chi connectivity index (χ1n) is 47.2. The first-order chi connectivity index (χ1) is 70.1. The Morgan fingerprint density at radius 3 is 0.709 bits per heavy atom. The van der Waals surface area contributed by atoms with E-state index in [-0.39, 0.29) is 0 Å². The quantitative estimate of drug-likeness (QED) is 0.0272. The minimum absolute atomic E-state index is 0.836. The number of hydrogen-bond donors (Lipinski definition) is 38. The van der Waals surface area contributed by atoms with Crippen LogP contribution in [0.15, 0.2) is 0 Å². The van der Waals surface area contributed by atoms with E-state index in [1.807, 2.05) is 0 Å². The minimum Gasteiger partial charge on any atom is -0.394 e. The molecule has 148 heavy (non-hydrogen) atoms. The molecule has 12 aliphatic heterocycles. The van der Waals surface area contributed by atoms with Gasteiger partial charge in [0.1, 0.15) is 293 Å². The standard InChI is InChI=1S/C82H137N5O61/c1-18(99)83-35-46(110)61(27(10-92)127-71(35)125)139-73-37(85-20(3)101)48(112)64(30(13-95)132-73)143-80-60(124)68(44(108)34(138-80)17-126-81-69(52(116)43(107)26(9-91)131-81)147-75-39(87-22(5)103)49(113)63(29(12-94)134-75)142-79-58(122)54(118)66(32(15-97)136-79)145-77-56(120)51(115)42(106)25(8-90)130-77)146-82-70(148-72-36(84-19(2)100)45(109)40(104)23(6-88)128-72)59(123)67(33(16-98)137-82)140-74-38(86-21(4)102)47(111)62(28(11-93)133-74)141-78-57(121)53(117)65(31(14-96)135-78)144-76-55(119)50(114)41(105)24(7-89)129-76/h23-82,88-98,104-125H,6-17H2,1-5H3,(H,83,99)(H,84,100)(H,85,101)(H,86,102)(H,87,103)/t23-,24-,25-,26-,27-,28-,29-,30-,31-,32-,33-,34-,35-,36-,37-,38-,39-,40-,41+,42+,43-,44-,45-,46-,47-,48-,49-,50+,51+,52+,53-,54-,55-,56-,57-,58-,59+,60+,61-,62-,63-,64-,65+,66+,67-,68+,69+,70+,71-,72+,73+,74+,75+,76-,77-,78+,79+,80+,81+,82-/m1/s1. The zero-order valence-electron chi connectivity index (χ0n) is 79.3. The van der Waals surface area contributed by atoms with Gasteiger partial charge in [0.2, 0.25) is 29.5 Å². The van der Waals surface area contributed by atoms with Crippen LogP contribution in [0.4, 0.5) is 0 Å². The van der Waals surface area contributed by atoms with Crippen LogP contribution >= 0.6 is 0 Å². The van der Waals surface area contributed by atoms with Crippen molar-refractivity contribution in [1.82, 2.24) is 26.6 Å². The van der Waals surface area contributed by atoms with Crippen LogP contribution in [0, 0.1) is 0 Å². The Hall–Kier alpha value is -4.89. The van der Waals surface area contributed by atoms with E-state index in [4.69, 9.17) is 109 Å². The van der Waals surface area contributed by atoms with Crippen LogP contribution < -0.4 is 26.6 Å². The summed E-state index contributed by atoms with van der Waals surface area (Å²) in [6.07, 6.45) is -120. The van der Waals surface area contributed by atoms with Gasteiger partial charge in [-0.3, -0.25) is 24.0 Å². The lowest BCUT2D eigenvalue weighted by Crippen LogP contribution is -2.71. The molecule has 0 saturated carbocycles. The van der Waals surface area contributed by atoms with E-state index in [0.29, 0.717) is 0 Å². The molecule has 12 aliphatic rings. The van der Waals surface area contributed by atoms with Crippen molar-refractivity contribution in [3.8, 4) is 0 Å². The van der Waals surface area contributed by atoms with Gasteiger partial charge in [-0.05, 0) is 0 Å². The first-order valence-corrected chi connectivity index (χ1v) is 47.2. The monoisotopic (exact) mass is 2170 g/mol. The van der Waals surface area contributed by atoms with Gasteiger partial charge in [0.25, 0.3) is 0 Å². The van der Waals surface area contributed by atoms with Crippen molar-refractivity contribution in [3.05, 3.63) is 0 Å². The molecule has 66 heteroatoms. The predicted octanol–water partition coefficient (Wildman–Crippen LogP) is -26.4. The Morgan fingerprint density at radius 1 is 0.176 bits per heavy atom. The molecule has 12 fully saturated rings. The van der Waals surface area contributed by atoms with Crippen LogP contribution in [0.25, 0.3) is 0 Å². The maximum absolute atomic E-state index is 13.3. The SMILES string of the molecule is CC(=O)N[C@@H]1[C@@H](O)[C@H](O[C@@H]2O[C@H](CO)[C@@H](O[C@@H]3O[C@H](CO[C@H]4O[C@H](CO)[C@@H](O)[C@H](O)[C@@H]4O[C@@H]4O[C@H](CO)[C@@H](O[C@@H]5O[C@H](CO)[C@H](O[C@H]6O[C@H](CO)[C@H](O)[C@H](O)[C@H]6O)[C@H](O)[C@H]5O)[C@H](O)[C@H]4NC(C)=O)[C@@H](O)[C@H](O[C@H]4O[C@H](CO)[C@@H](O[C@@H]5O[C@H](CO)[C@@H](O[C@@H]6O[C@H](CO)[C@H](O[C@H]7O[C@H](CO)[C@H](O)[C@H](O)[C@H]7O)[C@H](O)[C@H]6O)[C@H](O)[C@H]5NC(C)=O)[C@H](O)[C@@H]4O[C@@H]4O[C@H](CO)[C@@H](O)[C@H](O)[C@H]4NC(C)=O)[C@@H]3O)[C@H](O)[C@H]2NC(C)=O)[C@@H](CO)O[C@H]1O. The summed E-state index contributed by atoms with van der Waals surface area (Å²) >= 11 is 0. The second kappa shape index (κ2) is 53.4. The number of carbonyl (C=O) groups is 5. The lowest BCUT2D eigenvalue weighted by atomic mass is 9.93. The Balaban J connectivity index is 0.871. The van der Waals surface area contributed by atoms with Gasteiger partial charge < -0.3 is 304 Å². The van der Waals surface area contributed by atoms with Gasteiger partial charge in [-0.1, -0.05) is 0 Å². The van der Waals surface area contributed by atoms with Crippen molar-refractivity contribution in [2.24, 2.45) is 0 Å². The molecule has 0 aromatic rings. The average molecular weight is 2170 g/mol. The van der Waals surface area contributed by atoms with E-state index < -0.39 is 477 Å². The van der Waals surface area contributed by atoms with Gasteiger partial charge in [0.15, 0.2) is 75.5 Å². The molecule has 0 aromatic heterocycles. The topological polar surface area (TPSA) is 1030 Å². The minimum atomic E-state index is -2.75. The summed E-state index contributed by atoms with van der Waals surface area (Å²) in [6.45, 7) is -9.63. The molecular formula is C82H137N5O61. The second-order valence-corrected chi connectivity index (χ2v) is 37.3. The normalized spacial score (nSPS) is 49.3. The largest absolute Gasteiger partial charge is 0.394 e. The summed E-state index contributed by atoms with van der Waals surface area (Å²) in [5.41, 5.74) is 0. The zero-order valence-corrected chi connectivity index (χ0v) is 79.3. The van der Waals surface area contributed by atoms with Crippen LogP contribution in [0.2, 0.25) is 0 Å². The summed E-state index contributed by atoms with van der Waals surface area (Å²) in [5.74, 6) is -4.93. The molecule has 38 N–H and O–H groups in total. The van der Waals surface area contributed by atoms with Crippen molar-refractivity contribution >= 4 is 29.5 Å². The highest BCUT2D eigenvalue weighted by Crippen LogP contribution is 2.43. The van der Waals surface area contributed by atoms with E-state index >= 15 is 0 Å². The number of aliphatic hydroxyl groups excluding tert-OH is 33. The van der Waals surface area contributed by atoms with Crippen molar-refractivity contribution in [1.29, 1.82) is 0 Å². The van der Waals surface area contributed by atoms with Gasteiger partial charge in [-0.25, -0.2) is 0 Å². The molecule has 12 heterocycles. The number of aliphatic hydroxyl groups is 33. The maximum Gasteiger partial charge on any atom is 0.217 e. The molecule has 60 atom stereocenters. The summed E-state index contributed by atoms with van der Waals surface area (Å²) in [4.78, 5) is 65.2. The average Bonchev–Trinajstić information content (AvgIpc) is 0.758. The molecule has 12 rings (SSSR count). The van der Waals surface area contributed by atoms with Gasteiger partial charge >= 0.3 is 0 Å². The number of rotatable bonds is 39. The van der Waals surface area contributed by atoms with Crippen LogP contribution in [0.5, 0.6) is 0 Å². The fourth-order valence-electron chi connectivity index (χ4n) is 19.3. The van der Waals surface area contributed by atoms with Crippen LogP contribution in [-0.4, -0.2) is 645 Å². The Labute approximate surface area is 837 Å². The first kappa shape index (κ1) is 122. The summed E-state index contributed by atoms with van der Waals surface area (Å²) < 4.78 is 138. The summed E-state index contributed by atoms with van der Waals surface area (Å²) in [6, 6.07) is -9.93. The molecule has 12 saturated heterocycles. The van der Waals surface area contributed by atoms with Gasteiger partial charge in [0, 0.05) is 34.6 Å². The van der Waals surface area contributed by atoms with E-state index in [1.165, 1.54) is 0 Å². The lowest BCUT2D eigenvalue weighted by Gasteiger charge is -2.52. The molecule has 0 spiro atoms. The zero-order chi connectivity index (χ0) is 109. The van der Waals surface area contributed by atoms with E-state index in [1.54, 1.807) is 0 Å². The Bertz CT molecular complexity index is 4130.